The minimum absolute atomic E-state index is 0.00350. The van der Waals surface area contributed by atoms with Crippen LogP contribution in [0, 0.1) is 0 Å². The quantitative estimate of drug-likeness (QED) is 0.0324. The van der Waals surface area contributed by atoms with E-state index < -0.39 is 23.8 Å². The van der Waals surface area contributed by atoms with E-state index in [1.165, 1.54) is 33.7 Å². The SMILES string of the molecule is CC(C)N1C(=O)C2Cc3c([nH]c4ccc(Br)cc34)C(c3ccc(OCCCN4CCN(C)CC4)cc3)N2C1=S.CC(C)N1C(=O)C2Cc3c([nH]c4ccc(Br)cc34)C(c3ccc(OCCCn4ccnc4)cc3)N2C1=S.CC(C)N1C(=O)C2Cc3c([nH]c4ccc(Br)cc34)C(c3ccc(OCCCn4ccnn4)cc3)N2C1=S.COc1ccc(C2c3[nH]c4ccc(Br)cc4c3CC3C(=O)N(c4cccc(C(F)(F)F)c4)C(=S)N32)cc1. The second kappa shape index (κ2) is 43.1. The number of alkyl halides is 3. The van der Waals surface area contributed by atoms with E-state index in [-0.39, 0.29) is 88.8 Å². The first-order valence-electron chi connectivity index (χ1n) is 50.4. The van der Waals surface area contributed by atoms with Crippen LogP contribution in [-0.4, -0.2) is 242 Å². The Balaban J connectivity index is 0.000000117. The first-order chi connectivity index (χ1) is 72.3. The van der Waals surface area contributed by atoms with Crippen molar-refractivity contribution in [2.24, 2.45) is 0 Å². The zero-order valence-electron chi connectivity index (χ0n) is 83.5. The molecular weight excluding hydrogens is 2240 g/mol. The van der Waals surface area contributed by atoms with Gasteiger partial charge in [-0.1, -0.05) is 124 Å². The molecule has 8 atom stereocenters. The van der Waals surface area contributed by atoms with Gasteiger partial charge in [-0.3, -0.25) is 43.5 Å². The molecule has 4 amide bonds. The number of imidazole rings is 1. The van der Waals surface area contributed by atoms with Gasteiger partial charge < -0.3 is 72.8 Å². The van der Waals surface area contributed by atoms with E-state index >= 15 is 0 Å². The molecule has 0 spiro atoms. The minimum atomic E-state index is -4.54. The third-order valence-electron chi connectivity index (χ3n) is 29.7. The molecule has 9 aliphatic heterocycles. The number of aryl methyl sites for hydroxylation is 2. The molecule has 27 nitrogen and oxygen atoms in total. The van der Waals surface area contributed by atoms with E-state index in [0.717, 1.165) is 207 Å². The molecule has 0 aliphatic carbocycles. The molecule has 38 heteroatoms. The van der Waals surface area contributed by atoms with Crippen molar-refractivity contribution in [3.05, 3.63) is 316 Å². The Hall–Kier alpha value is -12.2. The number of halogens is 7. The van der Waals surface area contributed by atoms with Gasteiger partial charge in [-0.05, 0) is 294 Å². The second-order valence-corrected chi connectivity index (χ2v) is 45.0. The van der Waals surface area contributed by atoms with Crippen molar-refractivity contribution < 1.29 is 51.3 Å². The van der Waals surface area contributed by atoms with Gasteiger partial charge in [0.2, 0.25) is 0 Å². The van der Waals surface area contributed by atoms with Crippen molar-refractivity contribution in [1.82, 2.24) is 88.6 Å². The molecule has 5 fully saturated rings. The van der Waals surface area contributed by atoms with Crippen LogP contribution < -0.4 is 23.8 Å². The highest BCUT2D eigenvalue weighted by molar-refractivity contribution is 9.11. The van der Waals surface area contributed by atoms with Gasteiger partial charge in [0.1, 0.15) is 47.2 Å². The van der Waals surface area contributed by atoms with Gasteiger partial charge in [-0.15, -0.1) is 5.10 Å². The molecule has 0 saturated carbocycles. The topological polar surface area (TPSA) is 249 Å². The summed E-state index contributed by atoms with van der Waals surface area (Å²) in [5, 5.41) is 14.2. The summed E-state index contributed by atoms with van der Waals surface area (Å²) in [5.74, 6) is 3.08. The number of amides is 4. The van der Waals surface area contributed by atoms with Crippen LogP contribution in [-0.2, 0) is 64.1 Å². The number of likely N-dealkylation sites (N-methyl/N-ethyl adjacent to an activating group) is 1. The average Bonchev–Trinajstić information content (AvgIpc) is 1.57. The fourth-order valence-electron chi connectivity index (χ4n) is 22.5. The first-order valence-corrected chi connectivity index (χ1v) is 55.2. The summed E-state index contributed by atoms with van der Waals surface area (Å²) in [4.78, 5) is 92.8. The van der Waals surface area contributed by atoms with Crippen LogP contribution in [0.25, 0.3) is 43.6 Å². The van der Waals surface area contributed by atoms with Gasteiger partial charge in [-0.25, -0.2) is 4.98 Å². The van der Waals surface area contributed by atoms with Crippen molar-refractivity contribution in [2.75, 3.05) is 71.6 Å². The predicted octanol–water partition coefficient (Wildman–Crippen LogP) is 21.7. The van der Waals surface area contributed by atoms with E-state index in [9.17, 15) is 32.3 Å². The second-order valence-electron chi connectivity index (χ2n) is 39.9. The Kier molecular flexibility index (Phi) is 29.8. The number of benzene rings is 9. The lowest BCUT2D eigenvalue weighted by Crippen LogP contribution is -2.44. The van der Waals surface area contributed by atoms with Gasteiger partial charge in [0.15, 0.2) is 20.4 Å². The number of aromatic amines is 4. The number of piperazine rings is 1. The molecule has 0 radical (unpaired) electrons. The Morgan fingerprint density at radius 1 is 0.413 bits per heavy atom. The first kappa shape index (κ1) is 104. The van der Waals surface area contributed by atoms with Gasteiger partial charge >= 0.3 is 6.18 Å². The molecule has 9 aliphatic rings. The summed E-state index contributed by atoms with van der Waals surface area (Å²) in [6.07, 6.45) is 9.53. The molecule has 4 N–H and O–H groups in total. The molecule has 24 rings (SSSR count). The molecule has 9 aromatic carbocycles. The Morgan fingerprint density at radius 3 is 1.11 bits per heavy atom. The lowest BCUT2D eigenvalue weighted by atomic mass is 9.89. The summed E-state index contributed by atoms with van der Waals surface area (Å²) in [6.45, 7) is 21.3. The lowest BCUT2D eigenvalue weighted by molar-refractivity contribution is -0.137. The van der Waals surface area contributed by atoms with Crippen LogP contribution in [0.15, 0.2) is 243 Å². The number of fused-ring (bicyclic) bond motifs is 16. The van der Waals surface area contributed by atoms with Gasteiger partial charge in [0.05, 0.1) is 74.9 Å². The Bertz CT molecular complexity index is 7450. The van der Waals surface area contributed by atoms with Crippen LogP contribution in [0.2, 0.25) is 0 Å². The van der Waals surface area contributed by atoms with Crippen molar-refractivity contribution in [1.29, 1.82) is 0 Å². The van der Waals surface area contributed by atoms with Crippen LogP contribution in [0.5, 0.6) is 23.0 Å². The molecule has 6 aromatic heterocycles. The van der Waals surface area contributed by atoms with E-state index in [1.54, 1.807) is 38.9 Å². The number of carbonyl (C=O) groups excluding carboxylic acids is 4. The summed E-state index contributed by atoms with van der Waals surface area (Å²) in [7, 11) is 3.77. The number of nitrogens with zero attached hydrogens (tertiary/aromatic N) is 15. The summed E-state index contributed by atoms with van der Waals surface area (Å²) >= 11 is 37.9. The number of H-pyrrole nitrogens is 4. The standard InChI is InChI=1S/C30H36BrN5O2S.C28H28BrN5O2S.C27H19BrF3N3O2S.C27H27BrN6O2S/c1-19(2)35-29(37)26-18-24-23-17-21(31)7-10-25(23)32-27(24)28(36(26)30(35)39)20-5-8-22(9-6-20)38-16-4-11-34-14-12-33(3)13-15-34;1-17(2)33-27(35)24-15-22-21-14-19(29)6-9-23(21)31-25(22)26(34(24)28(33)37)18-4-7-20(8-5-18)36-13-3-11-32-12-10-30-16-32;1-36-18-8-5-14(6-9-18)24-23-20(19-12-16(28)7-10-21(19)32-23)13-22-25(35)33(26(37)34(22)24)17-4-2-3-15(11-17)27(29,30)31;1-16(2)33-26(35)23-15-21-20-14-18(28)6-9-22(20)30-24(21)25(34(23)27(33)37)17-4-7-19(8-5-17)36-13-3-11-32-12-10-29-31-32/h5-10,17,19,26,28,32H,4,11-16,18H2,1-3H3;4-10,12,14,16-17,24,26,31H,3,11,13,15H2,1-2H3;2-12,22,24,32H,13H2,1H3;4-10,12,14,16,23,25,30H,3,11,13,15H2,1-2H3. The van der Waals surface area contributed by atoms with E-state index in [0.29, 0.717) is 66.6 Å². The van der Waals surface area contributed by atoms with Crippen LogP contribution in [0.1, 0.15) is 158 Å². The molecule has 8 unspecified atom stereocenters. The molecule has 5 saturated heterocycles. The predicted molar refractivity (Wildman–Crippen MR) is 603 cm³/mol. The Morgan fingerprint density at radius 2 is 0.767 bits per heavy atom. The highest BCUT2D eigenvalue weighted by Gasteiger charge is 2.57. The average molecular weight is 2360 g/mol. The number of carbonyl (C=O) groups is 4. The maximum absolute atomic E-state index is 13.8. The fourth-order valence-corrected chi connectivity index (χ4v) is 26.0. The van der Waals surface area contributed by atoms with E-state index in [1.807, 2.05) is 155 Å². The molecular formula is C112H110Br4F3N19O8S4. The summed E-state index contributed by atoms with van der Waals surface area (Å²) < 4.78 is 71.6. The highest BCUT2D eigenvalue weighted by atomic mass is 79.9. The molecule has 15 aromatic rings. The lowest BCUT2D eigenvalue weighted by Gasteiger charge is -2.37. The van der Waals surface area contributed by atoms with E-state index in [2.05, 4.69) is 215 Å². The van der Waals surface area contributed by atoms with Crippen LogP contribution in [0.3, 0.4) is 0 Å². The van der Waals surface area contributed by atoms with Crippen LogP contribution in [0.4, 0.5) is 18.9 Å². The number of thiocarbonyl (C=S) groups is 4. The van der Waals surface area contributed by atoms with E-state index in [4.69, 9.17) is 67.8 Å². The normalized spacial score (nSPS) is 20.0. The maximum atomic E-state index is 13.8. The number of rotatable bonds is 24. The Labute approximate surface area is 920 Å². The largest absolute Gasteiger partial charge is 0.497 e. The number of aromatic nitrogens is 9. The minimum Gasteiger partial charge on any atom is -0.497 e. The third-order valence-corrected chi connectivity index (χ3v) is 33.2. The highest BCUT2D eigenvalue weighted by Crippen LogP contribution is 2.52. The number of ether oxygens (including phenoxy) is 4. The van der Waals surface area contributed by atoms with Crippen molar-refractivity contribution in [3.63, 3.8) is 0 Å². The monoisotopic (exact) mass is 2350 g/mol. The molecule has 774 valence electrons. The number of hydrogen-bond donors (Lipinski definition) is 4. The summed E-state index contributed by atoms with van der Waals surface area (Å²) in [5.41, 5.74) is 16.2. The fraction of sp³-hybridized carbons (Fsp3) is 0.330. The number of hydrogen-bond acceptors (Lipinski definition) is 17. The molecule has 0 bridgehead atoms. The maximum Gasteiger partial charge on any atom is 0.416 e. The van der Waals surface area contributed by atoms with Gasteiger partial charge in [0, 0.05) is 199 Å². The summed E-state index contributed by atoms with van der Waals surface area (Å²) in [6, 6.07) is 59.1. The van der Waals surface area contributed by atoms with Crippen molar-refractivity contribution in [3.8, 4) is 23.0 Å². The third kappa shape index (κ3) is 20.0. The van der Waals surface area contributed by atoms with Gasteiger partial charge in [-0.2, -0.15) is 13.2 Å². The zero-order valence-corrected chi connectivity index (χ0v) is 93.1. The van der Waals surface area contributed by atoms with Crippen LogP contribution >= 0.6 is 113 Å². The van der Waals surface area contributed by atoms with Crippen molar-refractivity contribution in [2.45, 2.75) is 172 Å². The molecule has 15 heterocycles. The van der Waals surface area contributed by atoms with Crippen molar-refractivity contribution >= 4 is 206 Å². The number of methoxy groups -OCH3 is 1. The molecule has 150 heavy (non-hydrogen) atoms. The zero-order chi connectivity index (χ0) is 105. The number of nitrogens with one attached hydrogen (secondary N) is 4. The smallest absolute Gasteiger partial charge is 0.416 e. The van der Waals surface area contributed by atoms with Gasteiger partial charge in [0.25, 0.3) is 23.6 Å². The number of anilines is 1.